The fraction of sp³-hybridized carbons (Fsp3) is 0.273. The maximum Gasteiger partial charge on any atom is 0.227 e. The summed E-state index contributed by atoms with van der Waals surface area (Å²) in [5.41, 5.74) is 7.92. The highest BCUT2D eigenvalue weighted by atomic mass is 16.2. The smallest absolute Gasteiger partial charge is 0.227 e. The Morgan fingerprint density at radius 2 is 1.73 bits per heavy atom. The van der Waals surface area contributed by atoms with Crippen LogP contribution in [0, 0.1) is 13.8 Å². The van der Waals surface area contributed by atoms with Crippen molar-refractivity contribution in [3.05, 3.63) is 71.0 Å². The minimum absolute atomic E-state index is 0.162. The maximum absolute atomic E-state index is 13.1. The molecule has 1 aliphatic rings. The van der Waals surface area contributed by atoms with E-state index in [1.165, 1.54) is 16.7 Å². The van der Waals surface area contributed by atoms with Gasteiger partial charge in [0.2, 0.25) is 5.91 Å². The Balaban J connectivity index is 1.61. The molecule has 0 aliphatic carbocycles. The Bertz CT molecular complexity index is 987. The van der Waals surface area contributed by atoms with E-state index in [2.05, 4.69) is 36.3 Å². The summed E-state index contributed by atoms with van der Waals surface area (Å²) < 4.78 is 1.89. The minimum atomic E-state index is 0.162. The van der Waals surface area contributed by atoms with Crippen molar-refractivity contribution in [2.75, 3.05) is 4.90 Å². The van der Waals surface area contributed by atoms with Crippen LogP contribution in [0.25, 0.3) is 11.1 Å². The third-order valence-electron chi connectivity index (χ3n) is 5.38. The van der Waals surface area contributed by atoms with Gasteiger partial charge in [0.25, 0.3) is 0 Å². The number of fused-ring (bicyclic) bond motifs is 3. The van der Waals surface area contributed by atoms with Crippen molar-refractivity contribution < 1.29 is 4.79 Å². The second-order valence-corrected chi connectivity index (χ2v) is 6.93. The molecule has 0 unspecified atom stereocenters. The molecule has 0 bridgehead atoms. The van der Waals surface area contributed by atoms with Gasteiger partial charge in [0, 0.05) is 24.7 Å². The number of carbonyl (C=O) groups is 1. The van der Waals surface area contributed by atoms with Crippen LogP contribution in [0.4, 0.5) is 5.69 Å². The molecule has 0 fully saturated rings. The average molecular weight is 345 g/mol. The molecule has 0 radical (unpaired) electrons. The number of aryl methyl sites for hydroxylation is 2. The molecule has 132 valence electrons. The van der Waals surface area contributed by atoms with Gasteiger partial charge in [-0.05, 0) is 43.0 Å². The molecular formula is C22H23N3O. The van der Waals surface area contributed by atoms with Crippen molar-refractivity contribution in [2.45, 2.75) is 33.2 Å². The van der Waals surface area contributed by atoms with Crippen LogP contribution < -0.4 is 4.90 Å². The lowest BCUT2D eigenvalue weighted by molar-refractivity contribution is -0.118. The van der Waals surface area contributed by atoms with Crippen molar-refractivity contribution in [1.82, 2.24) is 9.78 Å². The van der Waals surface area contributed by atoms with Gasteiger partial charge in [0.15, 0.2) is 0 Å². The van der Waals surface area contributed by atoms with E-state index in [1.807, 2.05) is 47.8 Å². The van der Waals surface area contributed by atoms with E-state index in [4.69, 9.17) is 0 Å². The lowest BCUT2D eigenvalue weighted by atomic mass is 9.93. The first-order valence-corrected chi connectivity index (χ1v) is 9.03. The Labute approximate surface area is 154 Å². The number of amides is 1. The quantitative estimate of drug-likeness (QED) is 0.714. The Kier molecular flexibility index (Phi) is 4.11. The highest BCUT2D eigenvalue weighted by Crippen LogP contribution is 2.39. The summed E-state index contributed by atoms with van der Waals surface area (Å²) in [6.07, 6.45) is 1.22. The molecule has 1 amide bonds. The summed E-state index contributed by atoms with van der Waals surface area (Å²) in [7, 11) is 1.95. The number of benzene rings is 2. The van der Waals surface area contributed by atoms with Crippen LogP contribution in [-0.2, 0) is 24.8 Å². The summed E-state index contributed by atoms with van der Waals surface area (Å²) in [6.45, 7) is 4.71. The van der Waals surface area contributed by atoms with Crippen LogP contribution in [0.15, 0.2) is 48.5 Å². The van der Waals surface area contributed by atoms with Crippen molar-refractivity contribution in [2.24, 2.45) is 7.05 Å². The number of aromatic nitrogens is 2. The number of rotatable bonds is 3. The topological polar surface area (TPSA) is 38.1 Å². The summed E-state index contributed by atoms with van der Waals surface area (Å²) in [5, 5.41) is 4.46. The van der Waals surface area contributed by atoms with Gasteiger partial charge < -0.3 is 4.90 Å². The van der Waals surface area contributed by atoms with E-state index in [0.717, 1.165) is 29.1 Å². The van der Waals surface area contributed by atoms with Crippen molar-refractivity contribution >= 4 is 11.6 Å². The zero-order valence-corrected chi connectivity index (χ0v) is 15.5. The molecule has 0 N–H and O–H groups in total. The number of nitrogens with zero attached hydrogens (tertiary/aromatic N) is 3. The highest BCUT2D eigenvalue weighted by Gasteiger charge is 2.26. The number of carbonyl (C=O) groups excluding carboxylic acids is 1. The average Bonchev–Trinajstić information content (AvgIpc) is 2.90. The molecule has 0 saturated carbocycles. The van der Waals surface area contributed by atoms with Gasteiger partial charge in [-0.1, -0.05) is 42.5 Å². The SMILES string of the molecule is Cc1nn(C)c(C)c1CCC(=O)N1Cc2ccccc2-c2ccccc21. The van der Waals surface area contributed by atoms with Gasteiger partial charge in [0.1, 0.15) is 0 Å². The molecule has 1 aliphatic heterocycles. The molecule has 2 heterocycles. The van der Waals surface area contributed by atoms with Crippen LogP contribution in [0.5, 0.6) is 0 Å². The van der Waals surface area contributed by atoms with Gasteiger partial charge in [-0.3, -0.25) is 9.48 Å². The zero-order chi connectivity index (χ0) is 18.3. The fourth-order valence-corrected chi connectivity index (χ4v) is 3.88. The molecule has 4 heteroatoms. The maximum atomic E-state index is 13.1. The van der Waals surface area contributed by atoms with E-state index in [0.29, 0.717) is 13.0 Å². The van der Waals surface area contributed by atoms with Crippen LogP contribution in [0.2, 0.25) is 0 Å². The molecule has 0 atom stereocenters. The lowest BCUT2D eigenvalue weighted by Gasteiger charge is -2.31. The standard InChI is InChI=1S/C22H23N3O/c1-15-18(16(2)24(3)23-15)12-13-22(26)25-14-17-8-4-5-9-19(17)20-10-6-7-11-21(20)25/h4-11H,12-14H2,1-3H3. The third kappa shape index (κ3) is 2.71. The number of hydrogen-bond donors (Lipinski definition) is 0. The predicted molar refractivity (Wildman–Crippen MR) is 104 cm³/mol. The summed E-state index contributed by atoms with van der Waals surface area (Å²) >= 11 is 0. The van der Waals surface area contributed by atoms with Crippen molar-refractivity contribution in [3.8, 4) is 11.1 Å². The molecular weight excluding hydrogens is 322 g/mol. The Morgan fingerprint density at radius 3 is 2.46 bits per heavy atom. The Hall–Kier alpha value is -2.88. The van der Waals surface area contributed by atoms with Crippen molar-refractivity contribution in [1.29, 1.82) is 0 Å². The molecule has 1 aromatic heterocycles. The first kappa shape index (κ1) is 16.6. The van der Waals surface area contributed by atoms with Gasteiger partial charge in [-0.15, -0.1) is 0 Å². The Morgan fingerprint density at radius 1 is 1.04 bits per heavy atom. The van der Waals surface area contributed by atoms with Gasteiger partial charge in [0.05, 0.1) is 17.9 Å². The number of para-hydroxylation sites is 1. The molecule has 2 aromatic carbocycles. The minimum Gasteiger partial charge on any atom is -0.307 e. The summed E-state index contributed by atoms with van der Waals surface area (Å²) in [6, 6.07) is 16.5. The molecule has 0 spiro atoms. The second-order valence-electron chi connectivity index (χ2n) is 6.93. The zero-order valence-electron chi connectivity index (χ0n) is 15.5. The largest absolute Gasteiger partial charge is 0.307 e. The first-order valence-electron chi connectivity index (χ1n) is 9.03. The molecule has 4 nitrogen and oxygen atoms in total. The van der Waals surface area contributed by atoms with E-state index < -0.39 is 0 Å². The fourth-order valence-electron chi connectivity index (χ4n) is 3.88. The van der Waals surface area contributed by atoms with Crippen LogP contribution in [0.3, 0.4) is 0 Å². The van der Waals surface area contributed by atoms with E-state index in [1.54, 1.807) is 0 Å². The third-order valence-corrected chi connectivity index (χ3v) is 5.38. The van der Waals surface area contributed by atoms with Crippen molar-refractivity contribution in [3.63, 3.8) is 0 Å². The monoisotopic (exact) mass is 345 g/mol. The van der Waals surface area contributed by atoms with Gasteiger partial charge >= 0.3 is 0 Å². The van der Waals surface area contributed by atoms with E-state index in [-0.39, 0.29) is 5.91 Å². The number of hydrogen-bond acceptors (Lipinski definition) is 2. The van der Waals surface area contributed by atoms with Crippen LogP contribution in [-0.4, -0.2) is 15.7 Å². The van der Waals surface area contributed by atoms with Gasteiger partial charge in [-0.2, -0.15) is 5.10 Å². The number of anilines is 1. The van der Waals surface area contributed by atoms with Crippen LogP contribution in [0.1, 0.15) is 28.9 Å². The summed E-state index contributed by atoms with van der Waals surface area (Å²) in [5.74, 6) is 0.162. The van der Waals surface area contributed by atoms with Gasteiger partial charge in [-0.25, -0.2) is 0 Å². The summed E-state index contributed by atoms with van der Waals surface area (Å²) in [4.78, 5) is 15.0. The lowest BCUT2D eigenvalue weighted by Crippen LogP contribution is -2.33. The van der Waals surface area contributed by atoms with Crippen LogP contribution >= 0.6 is 0 Å². The molecule has 3 aromatic rings. The van der Waals surface area contributed by atoms with E-state index in [9.17, 15) is 4.79 Å². The second kappa shape index (κ2) is 6.45. The molecule has 26 heavy (non-hydrogen) atoms. The molecule has 4 rings (SSSR count). The first-order chi connectivity index (χ1) is 12.6. The normalized spacial score (nSPS) is 12.7. The predicted octanol–water partition coefficient (Wildman–Crippen LogP) is 4.18. The molecule has 0 saturated heterocycles. The highest BCUT2D eigenvalue weighted by molar-refractivity contribution is 6.00. The van der Waals surface area contributed by atoms with E-state index >= 15 is 0 Å².